The van der Waals surface area contributed by atoms with Crippen LogP contribution in [0.25, 0.3) is 0 Å². The number of para-hydroxylation sites is 1. The zero-order chi connectivity index (χ0) is 24.1. The topological polar surface area (TPSA) is 49.4 Å². The van der Waals surface area contributed by atoms with E-state index in [2.05, 4.69) is 5.32 Å². The Balaban J connectivity index is 2.02. The average molecular weight is 460 g/mol. The zero-order valence-electron chi connectivity index (χ0n) is 17.3. The molecular formula is C22H22F6N2O2. The summed E-state index contributed by atoms with van der Waals surface area (Å²) >= 11 is 0. The summed E-state index contributed by atoms with van der Waals surface area (Å²) in [6, 6.07) is 8.94. The lowest BCUT2D eigenvalue weighted by Gasteiger charge is -2.23. The third kappa shape index (κ3) is 6.73. The smallest absolute Gasteiger partial charge is 0.334 e. The molecule has 1 N–H and O–H groups in total. The molecule has 0 radical (unpaired) electrons. The van der Waals surface area contributed by atoms with E-state index in [1.165, 1.54) is 29.2 Å². The molecule has 0 aromatic heterocycles. The summed E-state index contributed by atoms with van der Waals surface area (Å²) in [5.41, 5.74) is -1.69. The first-order chi connectivity index (χ1) is 14.8. The van der Waals surface area contributed by atoms with Crippen LogP contribution < -0.4 is 5.32 Å². The Morgan fingerprint density at radius 1 is 0.938 bits per heavy atom. The highest BCUT2D eigenvalue weighted by atomic mass is 19.4. The van der Waals surface area contributed by atoms with E-state index >= 15 is 0 Å². The largest absolute Gasteiger partial charge is 0.418 e. The fourth-order valence-electron chi connectivity index (χ4n) is 3.09. The molecule has 10 heteroatoms. The van der Waals surface area contributed by atoms with Crippen molar-refractivity contribution in [3.63, 3.8) is 0 Å². The Hall–Kier alpha value is -3.04. The monoisotopic (exact) mass is 460 g/mol. The molecule has 0 saturated carbocycles. The molecule has 2 aromatic carbocycles. The van der Waals surface area contributed by atoms with Crippen molar-refractivity contribution in [2.45, 2.75) is 38.5 Å². The van der Waals surface area contributed by atoms with E-state index in [0.29, 0.717) is 5.56 Å². The highest BCUT2D eigenvalue weighted by molar-refractivity contribution is 5.95. The van der Waals surface area contributed by atoms with Gasteiger partial charge in [0.05, 0.1) is 23.4 Å². The first-order valence-electron chi connectivity index (χ1n) is 9.74. The summed E-state index contributed by atoms with van der Waals surface area (Å²) in [6.07, 6.45) is -9.19. The number of nitrogens with zero attached hydrogens (tertiary/aromatic N) is 1. The number of likely N-dealkylation sites (N-methyl/N-ethyl adjacent to an activating group) is 1. The fourth-order valence-corrected chi connectivity index (χ4v) is 3.09. The van der Waals surface area contributed by atoms with E-state index in [1.807, 2.05) is 0 Å². The Morgan fingerprint density at radius 2 is 1.53 bits per heavy atom. The highest BCUT2D eigenvalue weighted by Crippen LogP contribution is 2.34. The normalized spacial score (nSPS) is 12.9. The summed E-state index contributed by atoms with van der Waals surface area (Å²) in [5, 5.41) is 2.18. The summed E-state index contributed by atoms with van der Waals surface area (Å²) in [7, 11) is 0. The van der Waals surface area contributed by atoms with Crippen molar-refractivity contribution in [2.75, 3.05) is 18.4 Å². The number of rotatable bonds is 7. The van der Waals surface area contributed by atoms with Gasteiger partial charge in [0.1, 0.15) is 0 Å². The summed E-state index contributed by atoms with van der Waals surface area (Å²) in [4.78, 5) is 26.0. The van der Waals surface area contributed by atoms with Crippen LogP contribution in [0.2, 0.25) is 0 Å². The van der Waals surface area contributed by atoms with Crippen LogP contribution in [0.5, 0.6) is 0 Å². The van der Waals surface area contributed by atoms with Gasteiger partial charge in [-0.1, -0.05) is 31.2 Å². The van der Waals surface area contributed by atoms with Crippen LogP contribution in [-0.4, -0.2) is 29.8 Å². The minimum absolute atomic E-state index is 0.0778. The number of carbonyl (C=O) groups excluding carboxylic acids is 2. The van der Waals surface area contributed by atoms with E-state index in [1.54, 1.807) is 13.8 Å². The van der Waals surface area contributed by atoms with Crippen molar-refractivity contribution in [1.29, 1.82) is 0 Å². The molecular weight excluding hydrogens is 438 g/mol. The first-order valence-corrected chi connectivity index (χ1v) is 9.74. The Bertz CT molecular complexity index is 939. The number of anilines is 1. The SMILES string of the molecule is CCN(CC(=O)Nc1ccccc1C(F)(F)F)C(=O)CC(C)c1ccc(C(F)(F)F)cc1. The molecule has 1 atom stereocenters. The van der Waals surface area contributed by atoms with Gasteiger partial charge < -0.3 is 10.2 Å². The minimum atomic E-state index is -4.65. The molecule has 0 heterocycles. The Kier molecular flexibility index (Phi) is 7.92. The van der Waals surface area contributed by atoms with Gasteiger partial charge in [0.2, 0.25) is 11.8 Å². The molecule has 0 aliphatic carbocycles. The third-order valence-corrected chi connectivity index (χ3v) is 4.86. The van der Waals surface area contributed by atoms with Gasteiger partial charge in [-0.3, -0.25) is 9.59 Å². The van der Waals surface area contributed by atoms with Gasteiger partial charge in [0, 0.05) is 13.0 Å². The predicted octanol–water partition coefficient (Wildman–Crippen LogP) is 5.71. The maximum Gasteiger partial charge on any atom is 0.418 e. The van der Waals surface area contributed by atoms with Gasteiger partial charge in [-0.2, -0.15) is 26.3 Å². The number of carbonyl (C=O) groups is 2. The molecule has 0 fully saturated rings. The van der Waals surface area contributed by atoms with Crippen molar-refractivity contribution in [1.82, 2.24) is 4.90 Å². The van der Waals surface area contributed by atoms with Crippen LogP contribution in [0.1, 0.15) is 42.9 Å². The van der Waals surface area contributed by atoms with Crippen LogP contribution in [0, 0.1) is 0 Å². The molecule has 0 saturated heterocycles. The summed E-state index contributed by atoms with van der Waals surface area (Å²) in [6.45, 7) is 2.94. The maximum absolute atomic E-state index is 13.1. The second-order valence-corrected chi connectivity index (χ2v) is 7.22. The molecule has 174 valence electrons. The molecule has 0 spiro atoms. The van der Waals surface area contributed by atoms with E-state index in [4.69, 9.17) is 0 Å². The molecule has 0 aliphatic heterocycles. The molecule has 2 aromatic rings. The van der Waals surface area contributed by atoms with Gasteiger partial charge in [-0.25, -0.2) is 0 Å². The molecule has 2 amide bonds. The number of alkyl halides is 6. The van der Waals surface area contributed by atoms with Gasteiger partial charge in [-0.05, 0) is 42.7 Å². The first kappa shape index (κ1) is 25.2. The van der Waals surface area contributed by atoms with Gasteiger partial charge in [-0.15, -0.1) is 0 Å². The van der Waals surface area contributed by atoms with E-state index in [9.17, 15) is 35.9 Å². The zero-order valence-corrected chi connectivity index (χ0v) is 17.3. The van der Waals surface area contributed by atoms with Crippen LogP contribution >= 0.6 is 0 Å². The number of hydrogen-bond acceptors (Lipinski definition) is 2. The fraction of sp³-hybridized carbons (Fsp3) is 0.364. The summed E-state index contributed by atoms with van der Waals surface area (Å²) < 4.78 is 77.3. The highest BCUT2D eigenvalue weighted by Gasteiger charge is 2.34. The number of nitrogens with one attached hydrogen (secondary N) is 1. The van der Waals surface area contributed by atoms with Crippen LogP contribution in [0.3, 0.4) is 0 Å². The van der Waals surface area contributed by atoms with E-state index in [-0.39, 0.29) is 13.0 Å². The Labute approximate surface area is 181 Å². The van der Waals surface area contributed by atoms with Crippen molar-refractivity contribution < 1.29 is 35.9 Å². The summed E-state index contributed by atoms with van der Waals surface area (Å²) in [5.74, 6) is -1.66. The lowest BCUT2D eigenvalue weighted by molar-refractivity contribution is -0.138. The molecule has 0 bridgehead atoms. The van der Waals surface area contributed by atoms with E-state index in [0.717, 1.165) is 24.3 Å². The lowest BCUT2D eigenvalue weighted by Crippen LogP contribution is -2.38. The lowest BCUT2D eigenvalue weighted by atomic mass is 9.96. The van der Waals surface area contributed by atoms with Crippen LogP contribution in [-0.2, 0) is 21.9 Å². The van der Waals surface area contributed by atoms with Gasteiger partial charge >= 0.3 is 12.4 Å². The quantitative estimate of drug-likeness (QED) is 0.539. The molecule has 4 nitrogen and oxygen atoms in total. The van der Waals surface area contributed by atoms with E-state index < -0.39 is 53.4 Å². The average Bonchev–Trinajstić information content (AvgIpc) is 2.71. The van der Waals surface area contributed by atoms with Crippen molar-refractivity contribution in [2.24, 2.45) is 0 Å². The van der Waals surface area contributed by atoms with Crippen LogP contribution in [0.4, 0.5) is 32.0 Å². The number of halogens is 6. The number of amides is 2. The van der Waals surface area contributed by atoms with Crippen molar-refractivity contribution in [3.8, 4) is 0 Å². The van der Waals surface area contributed by atoms with Crippen LogP contribution in [0.15, 0.2) is 48.5 Å². The predicted molar refractivity (Wildman–Crippen MR) is 107 cm³/mol. The Morgan fingerprint density at radius 3 is 2.06 bits per heavy atom. The second-order valence-electron chi connectivity index (χ2n) is 7.22. The minimum Gasteiger partial charge on any atom is -0.334 e. The van der Waals surface area contributed by atoms with Crippen molar-refractivity contribution in [3.05, 3.63) is 65.2 Å². The molecule has 0 aliphatic rings. The number of benzene rings is 2. The number of hydrogen-bond donors (Lipinski definition) is 1. The molecule has 1 unspecified atom stereocenters. The van der Waals surface area contributed by atoms with Crippen molar-refractivity contribution >= 4 is 17.5 Å². The standard InChI is InChI=1S/C22H22F6N2O2/c1-3-30(13-19(31)29-18-7-5-4-6-17(18)22(26,27)28)20(32)12-14(2)15-8-10-16(11-9-15)21(23,24)25/h4-11,14H,3,12-13H2,1-2H3,(H,29,31). The molecule has 2 rings (SSSR count). The molecule has 32 heavy (non-hydrogen) atoms. The maximum atomic E-state index is 13.1. The van der Waals surface area contributed by atoms with Gasteiger partial charge in [0.15, 0.2) is 0 Å². The van der Waals surface area contributed by atoms with Gasteiger partial charge in [0.25, 0.3) is 0 Å². The third-order valence-electron chi connectivity index (χ3n) is 4.86. The second kappa shape index (κ2) is 10.1.